The van der Waals surface area contributed by atoms with Crippen LogP contribution in [-0.4, -0.2) is 80.2 Å². The standard InChI is InChI=1S/C27H31N3O8S2/c1-36-26-10-6-5-9-25(26)30(40(34,35)23-7-3-2-4-8-23)21-27(31)28-15-18-38-22-11-13-24(14-12-22)39(32,33)29-16-19-37-20-17-29/h2-14H,15-21H2,1H3,(H,28,31). The van der Waals surface area contributed by atoms with Gasteiger partial charge in [-0.2, -0.15) is 4.31 Å². The summed E-state index contributed by atoms with van der Waals surface area (Å²) in [5.41, 5.74) is 0.229. The molecule has 1 aliphatic rings. The molecule has 1 heterocycles. The summed E-state index contributed by atoms with van der Waals surface area (Å²) in [4.78, 5) is 13.0. The van der Waals surface area contributed by atoms with Gasteiger partial charge < -0.3 is 19.5 Å². The first kappa shape index (κ1) is 29.3. The Morgan fingerprint density at radius 2 is 1.55 bits per heavy atom. The van der Waals surface area contributed by atoms with Crippen LogP contribution in [0, 0.1) is 0 Å². The van der Waals surface area contributed by atoms with Gasteiger partial charge in [0.2, 0.25) is 15.9 Å². The first-order valence-corrected chi connectivity index (χ1v) is 15.4. The van der Waals surface area contributed by atoms with Crippen molar-refractivity contribution in [1.82, 2.24) is 9.62 Å². The van der Waals surface area contributed by atoms with Crippen LogP contribution in [0.4, 0.5) is 5.69 Å². The molecule has 1 aliphatic heterocycles. The number of ether oxygens (including phenoxy) is 3. The van der Waals surface area contributed by atoms with Gasteiger partial charge in [-0.3, -0.25) is 9.10 Å². The zero-order valence-electron chi connectivity index (χ0n) is 21.9. The van der Waals surface area contributed by atoms with E-state index in [1.165, 1.54) is 35.7 Å². The summed E-state index contributed by atoms with van der Waals surface area (Å²) in [7, 11) is -6.26. The van der Waals surface area contributed by atoms with E-state index >= 15 is 0 Å². The number of nitrogens with one attached hydrogen (secondary N) is 1. The van der Waals surface area contributed by atoms with E-state index in [-0.39, 0.29) is 28.6 Å². The number of methoxy groups -OCH3 is 1. The number of nitrogens with zero attached hydrogens (tertiary/aromatic N) is 2. The molecule has 0 unspecified atom stereocenters. The molecule has 3 aromatic rings. The van der Waals surface area contributed by atoms with Crippen LogP contribution in [0.2, 0.25) is 0 Å². The van der Waals surface area contributed by atoms with Crippen molar-refractivity contribution in [3.8, 4) is 11.5 Å². The molecule has 13 heteroatoms. The maximum absolute atomic E-state index is 13.5. The number of carbonyl (C=O) groups excluding carboxylic acids is 1. The van der Waals surface area contributed by atoms with E-state index < -0.39 is 32.5 Å². The highest BCUT2D eigenvalue weighted by atomic mass is 32.2. The average Bonchev–Trinajstić information content (AvgIpc) is 2.99. The summed E-state index contributed by atoms with van der Waals surface area (Å²) in [5.74, 6) is 0.190. The molecule has 4 rings (SSSR count). The van der Waals surface area contributed by atoms with Crippen LogP contribution in [0.5, 0.6) is 11.5 Å². The second-order valence-electron chi connectivity index (χ2n) is 8.68. The number of amides is 1. The Labute approximate surface area is 234 Å². The summed E-state index contributed by atoms with van der Waals surface area (Å²) < 4.78 is 71.0. The molecular formula is C27H31N3O8S2. The van der Waals surface area contributed by atoms with Gasteiger partial charge in [-0.1, -0.05) is 30.3 Å². The minimum absolute atomic E-state index is 0.0381. The van der Waals surface area contributed by atoms with Crippen LogP contribution in [0.3, 0.4) is 0 Å². The second-order valence-corrected chi connectivity index (χ2v) is 12.5. The van der Waals surface area contributed by atoms with Crippen molar-refractivity contribution in [2.75, 3.05) is 57.4 Å². The highest BCUT2D eigenvalue weighted by Gasteiger charge is 2.29. The van der Waals surface area contributed by atoms with Crippen molar-refractivity contribution < 1.29 is 35.8 Å². The van der Waals surface area contributed by atoms with Crippen LogP contribution >= 0.6 is 0 Å². The van der Waals surface area contributed by atoms with E-state index in [1.54, 1.807) is 54.6 Å². The Hall–Kier alpha value is -3.65. The lowest BCUT2D eigenvalue weighted by Crippen LogP contribution is -2.42. The van der Waals surface area contributed by atoms with E-state index in [0.717, 1.165) is 4.31 Å². The van der Waals surface area contributed by atoms with Gasteiger partial charge in [0.25, 0.3) is 10.0 Å². The Bertz CT molecular complexity index is 1490. The van der Waals surface area contributed by atoms with Crippen molar-refractivity contribution >= 4 is 31.6 Å². The van der Waals surface area contributed by atoms with Gasteiger partial charge in [-0.25, -0.2) is 16.8 Å². The van der Waals surface area contributed by atoms with Gasteiger partial charge in [-0.05, 0) is 48.5 Å². The molecule has 214 valence electrons. The first-order chi connectivity index (χ1) is 19.2. The van der Waals surface area contributed by atoms with Crippen LogP contribution in [0.25, 0.3) is 0 Å². The van der Waals surface area contributed by atoms with E-state index in [9.17, 15) is 21.6 Å². The summed E-state index contributed by atoms with van der Waals surface area (Å²) >= 11 is 0. The SMILES string of the molecule is COc1ccccc1N(CC(=O)NCCOc1ccc(S(=O)(=O)N2CCOCC2)cc1)S(=O)(=O)c1ccccc1. The molecule has 1 N–H and O–H groups in total. The molecular weight excluding hydrogens is 558 g/mol. The summed E-state index contributed by atoms with van der Waals surface area (Å²) in [6, 6.07) is 20.4. The fraction of sp³-hybridized carbons (Fsp3) is 0.296. The molecule has 3 aromatic carbocycles. The van der Waals surface area contributed by atoms with Gasteiger partial charge in [0.15, 0.2) is 0 Å². The monoisotopic (exact) mass is 589 g/mol. The van der Waals surface area contributed by atoms with E-state index in [0.29, 0.717) is 37.8 Å². The van der Waals surface area contributed by atoms with Crippen molar-refractivity contribution in [2.45, 2.75) is 9.79 Å². The third-order valence-electron chi connectivity index (χ3n) is 6.10. The largest absolute Gasteiger partial charge is 0.495 e. The molecule has 0 saturated carbocycles. The van der Waals surface area contributed by atoms with Gasteiger partial charge in [-0.15, -0.1) is 0 Å². The number of rotatable bonds is 12. The van der Waals surface area contributed by atoms with Gasteiger partial charge in [0, 0.05) is 13.1 Å². The van der Waals surface area contributed by atoms with Crippen LogP contribution in [0.15, 0.2) is 88.7 Å². The maximum atomic E-state index is 13.5. The highest BCUT2D eigenvalue weighted by molar-refractivity contribution is 7.92. The first-order valence-electron chi connectivity index (χ1n) is 12.5. The van der Waals surface area contributed by atoms with Crippen LogP contribution in [-0.2, 0) is 29.6 Å². The minimum Gasteiger partial charge on any atom is -0.495 e. The zero-order valence-corrected chi connectivity index (χ0v) is 23.6. The van der Waals surface area contributed by atoms with Gasteiger partial charge >= 0.3 is 0 Å². The summed E-state index contributed by atoms with van der Waals surface area (Å²) in [6.45, 7) is 1.04. The Morgan fingerprint density at radius 1 is 0.900 bits per heavy atom. The number of hydrogen-bond acceptors (Lipinski definition) is 8. The zero-order chi connectivity index (χ0) is 28.6. The number of carbonyl (C=O) groups is 1. The summed E-state index contributed by atoms with van der Waals surface area (Å²) in [6.07, 6.45) is 0. The highest BCUT2D eigenvalue weighted by Crippen LogP contribution is 2.32. The molecule has 0 spiro atoms. The topological polar surface area (TPSA) is 132 Å². The molecule has 40 heavy (non-hydrogen) atoms. The number of hydrogen-bond donors (Lipinski definition) is 1. The maximum Gasteiger partial charge on any atom is 0.264 e. The molecule has 0 bridgehead atoms. The van der Waals surface area contributed by atoms with Gasteiger partial charge in [0.05, 0.1) is 42.3 Å². The van der Waals surface area contributed by atoms with Crippen LogP contribution in [0.1, 0.15) is 0 Å². The fourth-order valence-corrected chi connectivity index (χ4v) is 6.91. The second kappa shape index (κ2) is 13.1. The smallest absolute Gasteiger partial charge is 0.264 e. The van der Waals surface area contributed by atoms with Crippen molar-refractivity contribution in [3.63, 3.8) is 0 Å². The predicted octanol–water partition coefficient (Wildman–Crippen LogP) is 2.11. The third-order valence-corrected chi connectivity index (χ3v) is 9.78. The molecule has 0 aliphatic carbocycles. The molecule has 0 atom stereocenters. The van der Waals surface area contributed by atoms with Gasteiger partial charge in [0.1, 0.15) is 24.7 Å². The Balaban J connectivity index is 1.36. The number of benzene rings is 3. The fourth-order valence-electron chi connectivity index (χ4n) is 4.04. The number of morpholine rings is 1. The third kappa shape index (κ3) is 6.91. The normalized spacial score (nSPS) is 14.3. The lowest BCUT2D eigenvalue weighted by Gasteiger charge is -2.26. The molecule has 1 amide bonds. The molecule has 11 nitrogen and oxygen atoms in total. The Morgan fingerprint density at radius 3 is 2.23 bits per heavy atom. The van der Waals surface area contributed by atoms with Crippen molar-refractivity contribution in [1.29, 1.82) is 0 Å². The number of anilines is 1. The predicted molar refractivity (Wildman–Crippen MR) is 148 cm³/mol. The summed E-state index contributed by atoms with van der Waals surface area (Å²) in [5, 5.41) is 2.67. The number of sulfonamides is 2. The van der Waals surface area contributed by atoms with E-state index in [1.807, 2.05) is 0 Å². The van der Waals surface area contributed by atoms with Crippen molar-refractivity contribution in [2.24, 2.45) is 0 Å². The van der Waals surface area contributed by atoms with E-state index in [2.05, 4.69) is 5.32 Å². The van der Waals surface area contributed by atoms with Crippen LogP contribution < -0.4 is 19.1 Å². The lowest BCUT2D eigenvalue weighted by atomic mass is 10.3. The molecule has 1 saturated heterocycles. The average molecular weight is 590 g/mol. The quantitative estimate of drug-likeness (QED) is 0.318. The molecule has 0 radical (unpaired) electrons. The lowest BCUT2D eigenvalue weighted by molar-refractivity contribution is -0.119. The van der Waals surface area contributed by atoms with Crippen molar-refractivity contribution in [3.05, 3.63) is 78.9 Å². The molecule has 1 fully saturated rings. The molecule has 0 aromatic heterocycles. The Kier molecular flexibility index (Phi) is 9.63. The number of para-hydroxylation sites is 2. The van der Waals surface area contributed by atoms with E-state index in [4.69, 9.17) is 14.2 Å². The minimum atomic E-state index is -4.08.